The molecule has 178 valence electrons. The van der Waals surface area contributed by atoms with Gasteiger partial charge in [0.2, 0.25) is 0 Å². The van der Waals surface area contributed by atoms with Gasteiger partial charge in [0.15, 0.2) is 0 Å². The fraction of sp³-hybridized carbons (Fsp3) is 0.231. The Morgan fingerprint density at radius 3 is 1.65 bits per heavy atom. The van der Waals surface area contributed by atoms with E-state index in [2.05, 4.69) is 22.2 Å². The summed E-state index contributed by atoms with van der Waals surface area (Å²) in [6.45, 7) is 1.79. The highest BCUT2D eigenvalue weighted by molar-refractivity contribution is 5.66. The second kappa shape index (κ2) is 12.2. The van der Waals surface area contributed by atoms with Crippen LogP contribution in [0.1, 0.15) is 29.5 Å². The lowest BCUT2D eigenvalue weighted by molar-refractivity contribution is -0.142. The van der Waals surface area contributed by atoms with Gasteiger partial charge in [0, 0.05) is 36.4 Å². The van der Waals surface area contributed by atoms with E-state index in [0.717, 1.165) is 33.8 Å². The first-order chi connectivity index (χ1) is 16.4. The minimum atomic E-state index is -0.806. The van der Waals surface area contributed by atoms with Crippen LogP contribution in [0.2, 0.25) is 0 Å². The van der Waals surface area contributed by atoms with Crippen molar-refractivity contribution in [3.8, 4) is 0 Å². The number of esters is 1. The largest absolute Gasteiger partial charge is 0.508 e. The SMILES string of the molecule is CC(=O)OCCOC(=O)OCCNc1ccc(C(c2ccc(N)cc2)c2ccc(N)cc2)cc1. The number of nitrogens with two attached hydrogens (primary N) is 2. The van der Waals surface area contributed by atoms with Crippen molar-refractivity contribution in [2.75, 3.05) is 43.1 Å². The van der Waals surface area contributed by atoms with E-state index < -0.39 is 12.1 Å². The Labute approximate surface area is 198 Å². The van der Waals surface area contributed by atoms with Crippen molar-refractivity contribution >= 4 is 29.2 Å². The van der Waals surface area contributed by atoms with E-state index in [1.54, 1.807) is 0 Å². The molecular weight excluding hydrogens is 434 g/mol. The maximum Gasteiger partial charge on any atom is 0.508 e. The molecule has 0 saturated heterocycles. The van der Waals surface area contributed by atoms with Crippen molar-refractivity contribution < 1.29 is 23.8 Å². The molecule has 0 aliphatic heterocycles. The second-order valence-corrected chi connectivity index (χ2v) is 7.60. The van der Waals surface area contributed by atoms with Crippen LogP contribution in [0.5, 0.6) is 0 Å². The van der Waals surface area contributed by atoms with Gasteiger partial charge < -0.3 is 31.0 Å². The predicted molar refractivity (Wildman–Crippen MR) is 132 cm³/mol. The van der Waals surface area contributed by atoms with Crippen molar-refractivity contribution in [1.82, 2.24) is 0 Å². The number of benzene rings is 3. The molecule has 0 amide bonds. The molecule has 3 aromatic carbocycles. The third-order valence-electron chi connectivity index (χ3n) is 5.04. The predicted octanol–water partition coefficient (Wildman–Crippen LogP) is 4.16. The summed E-state index contributed by atoms with van der Waals surface area (Å²) in [5, 5.41) is 3.21. The average Bonchev–Trinajstić information content (AvgIpc) is 2.83. The second-order valence-electron chi connectivity index (χ2n) is 7.60. The zero-order valence-corrected chi connectivity index (χ0v) is 19.0. The molecule has 0 aromatic heterocycles. The van der Waals surface area contributed by atoms with Crippen LogP contribution >= 0.6 is 0 Å². The fourth-order valence-electron chi connectivity index (χ4n) is 3.43. The number of carbonyl (C=O) groups excluding carboxylic acids is 2. The van der Waals surface area contributed by atoms with Gasteiger partial charge in [-0.2, -0.15) is 0 Å². The number of hydrogen-bond acceptors (Lipinski definition) is 8. The number of hydrogen-bond donors (Lipinski definition) is 3. The van der Waals surface area contributed by atoms with E-state index >= 15 is 0 Å². The van der Waals surface area contributed by atoms with Gasteiger partial charge >= 0.3 is 12.1 Å². The monoisotopic (exact) mass is 463 g/mol. The third kappa shape index (κ3) is 7.44. The number of anilines is 3. The van der Waals surface area contributed by atoms with Crippen molar-refractivity contribution in [2.24, 2.45) is 0 Å². The van der Waals surface area contributed by atoms with Crippen molar-refractivity contribution in [2.45, 2.75) is 12.8 Å². The van der Waals surface area contributed by atoms with Gasteiger partial charge in [-0.15, -0.1) is 0 Å². The van der Waals surface area contributed by atoms with E-state index in [1.807, 2.05) is 60.7 Å². The minimum absolute atomic E-state index is 0.00274. The molecule has 0 aliphatic carbocycles. The molecule has 0 bridgehead atoms. The van der Waals surface area contributed by atoms with Crippen molar-refractivity contribution in [1.29, 1.82) is 0 Å². The summed E-state index contributed by atoms with van der Waals surface area (Å²) < 4.78 is 14.5. The minimum Gasteiger partial charge on any atom is -0.462 e. The number of rotatable bonds is 10. The van der Waals surface area contributed by atoms with Crippen LogP contribution in [0.4, 0.5) is 21.9 Å². The maximum atomic E-state index is 11.5. The zero-order valence-electron chi connectivity index (χ0n) is 19.0. The summed E-state index contributed by atoms with van der Waals surface area (Å²) >= 11 is 0. The molecule has 0 aliphatic rings. The lowest BCUT2D eigenvalue weighted by Crippen LogP contribution is -2.17. The summed E-state index contributed by atoms with van der Waals surface area (Å²) in [5.41, 5.74) is 17.5. The highest BCUT2D eigenvalue weighted by atomic mass is 16.7. The fourth-order valence-corrected chi connectivity index (χ4v) is 3.43. The van der Waals surface area contributed by atoms with Crippen molar-refractivity contribution in [3.63, 3.8) is 0 Å². The molecule has 0 saturated carbocycles. The molecule has 0 fully saturated rings. The van der Waals surface area contributed by atoms with Crippen molar-refractivity contribution in [3.05, 3.63) is 89.5 Å². The molecule has 0 unspecified atom stereocenters. The van der Waals surface area contributed by atoms with Gasteiger partial charge in [-0.05, 0) is 53.1 Å². The molecule has 0 spiro atoms. The van der Waals surface area contributed by atoms with Gasteiger partial charge in [-0.25, -0.2) is 4.79 Å². The molecule has 0 atom stereocenters. The van der Waals surface area contributed by atoms with Gasteiger partial charge in [-0.1, -0.05) is 36.4 Å². The Morgan fingerprint density at radius 1 is 0.706 bits per heavy atom. The van der Waals surface area contributed by atoms with Gasteiger partial charge in [0.05, 0.1) is 0 Å². The lowest BCUT2D eigenvalue weighted by atomic mass is 9.85. The summed E-state index contributed by atoms with van der Waals surface area (Å²) in [6.07, 6.45) is -0.806. The van der Waals surface area contributed by atoms with E-state index in [1.165, 1.54) is 6.92 Å². The van der Waals surface area contributed by atoms with Crippen LogP contribution in [-0.2, 0) is 19.0 Å². The van der Waals surface area contributed by atoms with E-state index in [9.17, 15) is 9.59 Å². The summed E-state index contributed by atoms with van der Waals surface area (Å²) in [5.74, 6) is -0.402. The Morgan fingerprint density at radius 2 is 1.15 bits per heavy atom. The van der Waals surface area contributed by atoms with Gasteiger partial charge in [0.25, 0.3) is 0 Å². The molecule has 8 nitrogen and oxygen atoms in total. The third-order valence-corrected chi connectivity index (χ3v) is 5.04. The average molecular weight is 464 g/mol. The molecule has 0 radical (unpaired) electrons. The smallest absolute Gasteiger partial charge is 0.462 e. The Kier molecular flexibility index (Phi) is 8.73. The van der Waals surface area contributed by atoms with Crippen LogP contribution in [-0.4, -0.2) is 38.5 Å². The first kappa shape index (κ1) is 24.4. The topological polar surface area (TPSA) is 126 Å². The van der Waals surface area contributed by atoms with E-state index in [4.69, 9.17) is 20.9 Å². The molecule has 8 heteroatoms. The number of nitrogen functional groups attached to an aromatic ring is 2. The first-order valence-corrected chi connectivity index (χ1v) is 10.9. The maximum absolute atomic E-state index is 11.5. The molecule has 3 aromatic rings. The number of ether oxygens (including phenoxy) is 3. The highest BCUT2D eigenvalue weighted by Gasteiger charge is 2.17. The molecular formula is C26H29N3O5. The first-order valence-electron chi connectivity index (χ1n) is 10.9. The molecule has 0 heterocycles. The normalized spacial score (nSPS) is 10.5. The molecule has 3 rings (SSSR count). The lowest BCUT2D eigenvalue weighted by Gasteiger charge is -2.20. The van der Waals surface area contributed by atoms with Crippen LogP contribution in [0.25, 0.3) is 0 Å². The summed E-state index contributed by atoms with van der Waals surface area (Å²) in [4.78, 5) is 22.2. The van der Waals surface area contributed by atoms with Gasteiger partial charge in [-0.3, -0.25) is 4.79 Å². The Hall–Kier alpha value is -4.20. The summed E-state index contributed by atoms with van der Waals surface area (Å²) in [6, 6.07) is 23.8. The number of nitrogens with one attached hydrogen (secondary N) is 1. The number of carbonyl (C=O) groups is 2. The van der Waals surface area contributed by atoms with Gasteiger partial charge in [0.1, 0.15) is 19.8 Å². The standard InChI is InChI=1S/C26H29N3O5/c1-18(30)32-16-17-34-26(31)33-15-14-29-24-12-6-21(7-13-24)25(19-2-8-22(27)9-3-19)20-4-10-23(28)11-5-20/h2-13,25,29H,14-17,27-28H2,1H3. The Balaban J connectivity index is 1.56. The van der Waals surface area contributed by atoms with Crippen LogP contribution in [0, 0.1) is 0 Å². The summed E-state index contributed by atoms with van der Waals surface area (Å²) in [7, 11) is 0. The van der Waals surface area contributed by atoms with Crippen LogP contribution in [0.3, 0.4) is 0 Å². The highest BCUT2D eigenvalue weighted by Crippen LogP contribution is 2.33. The molecule has 5 N–H and O–H groups in total. The quantitative estimate of drug-likeness (QED) is 0.177. The van der Waals surface area contributed by atoms with Crippen LogP contribution in [0.15, 0.2) is 72.8 Å². The van der Waals surface area contributed by atoms with E-state index in [0.29, 0.717) is 6.54 Å². The van der Waals surface area contributed by atoms with E-state index in [-0.39, 0.29) is 25.7 Å². The van der Waals surface area contributed by atoms with Crippen LogP contribution < -0.4 is 16.8 Å². The molecule has 34 heavy (non-hydrogen) atoms. The zero-order chi connectivity index (χ0) is 24.3. The Bertz CT molecular complexity index is 1020.